The molecule has 1 saturated heterocycles. The van der Waals surface area contributed by atoms with Crippen molar-refractivity contribution >= 4 is 40.6 Å². The normalized spacial score (nSPS) is 17.5. The third kappa shape index (κ3) is 4.42. The Labute approximate surface area is 206 Å². The lowest BCUT2D eigenvalue weighted by molar-refractivity contribution is -0.385. The van der Waals surface area contributed by atoms with Crippen molar-refractivity contribution in [3.8, 4) is 0 Å². The van der Waals surface area contributed by atoms with Crippen LogP contribution in [0.2, 0.25) is 5.02 Å². The third-order valence-electron chi connectivity index (χ3n) is 6.46. The molecule has 3 heterocycles. The summed E-state index contributed by atoms with van der Waals surface area (Å²) in [6, 6.07) is 17.0. The summed E-state index contributed by atoms with van der Waals surface area (Å²) in [7, 11) is 0. The van der Waals surface area contributed by atoms with Gasteiger partial charge in [-0.1, -0.05) is 29.8 Å². The highest BCUT2D eigenvalue weighted by Crippen LogP contribution is 2.39. The molecule has 1 fully saturated rings. The van der Waals surface area contributed by atoms with Crippen molar-refractivity contribution in [3.05, 3.63) is 93.1 Å². The Morgan fingerprint density at radius 3 is 2.40 bits per heavy atom. The lowest BCUT2D eigenvalue weighted by Crippen LogP contribution is -2.49. The monoisotopic (exact) mass is 491 g/mol. The van der Waals surface area contributed by atoms with Crippen LogP contribution in [0.25, 0.3) is 0 Å². The molecule has 0 aliphatic carbocycles. The van der Waals surface area contributed by atoms with Crippen molar-refractivity contribution < 1.29 is 14.5 Å². The number of halogens is 1. The van der Waals surface area contributed by atoms with Gasteiger partial charge in [0.1, 0.15) is 12.0 Å². The van der Waals surface area contributed by atoms with Gasteiger partial charge in [0.2, 0.25) is 5.91 Å². The zero-order valence-electron chi connectivity index (χ0n) is 18.7. The van der Waals surface area contributed by atoms with Crippen LogP contribution in [0.15, 0.2) is 66.9 Å². The van der Waals surface area contributed by atoms with Crippen molar-refractivity contribution in [2.24, 2.45) is 0 Å². The van der Waals surface area contributed by atoms with Gasteiger partial charge in [-0.05, 0) is 42.0 Å². The van der Waals surface area contributed by atoms with Gasteiger partial charge < -0.3 is 9.80 Å². The predicted molar refractivity (Wildman–Crippen MR) is 132 cm³/mol. The van der Waals surface area contributed by atoms with Crippen LogP contribution in [0.4, 0.5) is 17.2 Å². The highest BCUT2D eigenvalue weighted by Gasteiger charge is 2.40. The molecule has 1 unspecified atom stereocenters. The Hall–Kier alpha value is -3.98. The van der Waals surface area contributed by atoms with Crippen LogP contribution in [0.1, 0.15) is 28.4 Å². The first-order chi connectivity index (χ1) is 16.9. The molecule has 5 rings (SSSR count). The fraction of sp³-hybridized carbons (Fsp3) is 0.240. The van der Waals surface area contributed by atoms with Crippen molar-refractivity contribution in [2.75, 3.05) is 36.0 Å². The van der Waals surface area contributed by atoms with Crippen LogP contribution >= 0.6 is 11.6 Å². The number of amides is 2. The van der Waals surface area contributed by atoms with Crippen LogP contribution in [0.5, 0.6) is 0 Å². The number of hydrogen-bond acceptors (Lipinski definition) is 6. The molecule has 9 nitrogen and oxygen atoms in total. The molecule has 10 heteroatoms. The maximum Gasteiger partial charge on any atom is 0.287 e. The first-order valence-corrected chi connectivity index (χ1v) is 11.6. The Bertz CT molecular complexity index is 1270. The molecule has 178 valence electrons. The molecule has 0 N–H and O–H groups in total. The number of anilines is 2. The minimum atomic E-state index is -0.540. The standard InChI is InChI=1S/C25H22ClN5O4/c26-17-5-7-18(8-6-17)28-11-13-29(14-12-28)24(32)15-22-20-3-1-2-4-21(20)25(33)30(22)23-10-9-19(16-27-23)31(34)35/h1-10,16,22H,11-15H2. The van der Waals surface area contributed by atoms with E-state index in [1.807, 2.05) is 41.3 Å². The fourth-order valence-corrected chi connectivity index (χ4v) is 4.77. The second kappa shape index (κ2) is 9.34. The van der Waals surface area contributed by atoms with E-state index in [9.17, 15) is 19.7 Å². The van der Waals surface area contributed by atoms with E-state index < -0.39 is 11.0 Å². The number of fused-ring (bicyclic) bond motifs is 1. The van der Waals surface area contributed by atoms with Gasteiger partial charge >= 0.3 is 0 Å². The van der Waals surface area contributed by atoms with Gasteiger partial charge in [-0.2, -0.15) is 0 Å². The average molecular weight is 492 g/mol. The summed E-state index contributed by atoms with van der Waals surface area (Å²) in [5.41, 5.74) is 2.17. The number of nitro groups is 1. The zero-order valence-corrected chi connectivity index (χ0v) is 19.5. The number of hydrogen-bond donors (Lipinski definition) is 0. The molecule has 1 atom stereocenters. The van der Waals surface area contributed by atoms with Crippen LogP contribution in [-0.4, -0.2) is 52.8 Å². The summed E-state index contributed by atoms with van der Waals surface area (Å²) in [5.74, 6) is -0.0448. The number of pyridine rings is 1. The summed E-state index contributed by atoms with van der Waals surface area (Å²) in [5, 5.41) is 11.7. The smallest absolute Gasteiger partial charge is 0.287 e. The SMILES string of the molecule is O=C(CC1c2ccccc2C(=O)N1c1ccc([N+](=O)[O-])cn1)N1CCN(c2ccc(Cl)cc2)CC1. The molecule has 2 aliphatic rings. The predicted octanol–water partition coefficient (Wildman–Crippen LogP) is 4.08. The van der Waals surface area contributed by atoms with Crippen molar-refractivity contribution in [3.63, 3.8) is 0 Å². The van der Waals surface area contributed by atoms with Gasteiger partial charge in [0.25, 0.3) is 11.6 Å². The van der Waals surface area contributed by atoms with Gasteiger partial charge in [-0.25, -0.2) is 4.98 Å². The summed E-state index contributed by atoms with van der Waals surface area (Å²) in [4.78, 5) is 46.7. The maximum atomic E-state index is 13.3. The maximum absolute atomic E-state index is 13.3. The van der Waals surface area contributed by atoms with E-state index in [1.165, 1.54) is 17.0 Å². The van der Waals surface area contributed by atoms with Crippen LogP contribution in [-0.2, 0) is 4.79 Å². The lowest BCUT2D eigenvalue weighted by Gasteiger charge is -2.37. The van der Waals surface area contributed by atoms with E-state index in [0.717, 1.165) is 17.4 Å². The molecule has 2 amide bonds. The van der Waals surface area contributed by atoms with Crippen LogP contribution < -0.4 is 9.80 Å². The first kappa shape index (κ1) is 22.8. The minimum Gasteiger partial charge on any atom is -0.368 e. The molecular weight excluding hydrogens is 470 g/mol. The summed E-state index contributed by atoms with van der Waals surface area (Å²) >= 11 is 5.99. The van der Waals surface area contributed by atoms with Crippen molar-refractivity contribution in [1.29, 1.82) is 0 Å². The summed E-state index contributed by atoms with van der Waals surface area (Å²) < 4.78 is 0. The number of benzene rings is 2. The van der Waals surface area contributed by atoms with Crippen molar-refractivity contribution in [1.82, 2.24) is 9.88 Å². The minimum absolute atomic E-state index is 0.0535. The third-order valence-corrected chi connectivity index (χ3v) is 6.71. The zero-order chi connectivity index (χ0) is 24.5. The molecule has 2 aliphatic heterocycles. The summed E-state index contributed by atoms with van der Waals surface area (Å²) in [6.07, 6.45) is 1.23. The second-order valence-corrected chi connectivity index (χ2v) is 8.89. The number of piperazine rings is 1. The number of aromatic nitrogens is 1. The second-order valence-electron chi connectivity index (χ2n) is 8.46. The molecule has 0 spiro atoms. The lowest BCUT2D eigenvalue weighted by atomic mass is 10.0. The Kier molecular flexibility index (Phi) is 6.08. The Morgan fingerprint density at radius 2 is 1.74 bits per heavy atom. The molecule has 0 saturated carbocycles. The highest BCUT2D eigenvalue weighted by molar-refractivity contribution is 6.30. The van der Waals surface area contributed by atoms with Gasteiger partial charge in [-0.3, -0.25) is 24.6 Å². The van der Waals surface area contributed by atoms with Gasteiger partial charge in [0.05, 0.1) is 17.4 Å². The van der Waals surface area contributed by atoms with Gasteiger partial charge in [0.15, 0.2) is 0 Å². The van der Waals surface area contributed by atoms with Crippen LogP contribution in [0.3, 0.4) is 0 Å². The van der Waals surface area contributed by atoms with E-state index in [0.29, 0.717) is 36.8 Å². The Morgan fingerprint density at radius 1 is 1.03 bits per heavy atom. The van der Waals surface area contributed by atoms with Crippen LogP contribution in [0, 0.1) is 10.1 Å². The van der Waals surface area contributed by atoms with E-state index in [2.05, 4.69) is 9.88 Å². The number of carbonyl (C=O) groups is 2. The largest absolute Gasteiger partial charge is 0.368 e. The highest BCUT2D eigenvalue weighted by atomic mass is 35.5. The molecule has 1 aromatic heterocycles. The molecule has 0 radical (unpaired) electrons. The molecule has 35 heavy (non-hydrogen) atoms. The van der Waals surface area contributed by atoms with E-state index in [4.69, 9.17) is 11.6 Å². The number of carbonyl (C=O) groups excluding carboxylic acids is 2. The number of rotatable bonds is 5. The van der Waals surface area contributed by atoms with E-state index >= 15 is 0 Å². The summed E-state index contributed by atoms with van der Waals surface area (Å²) in [6.45, 7) is 2.53. The van der Waals surface area contributed by atoms with E-state index in [1.54, 1.807) is 12.1 Å². The fourth-order valence-electron chi connectivity index (χ4n) is 4.65. The molecule has 2 aromatic carbocycles. The molecule has 0 bridgehead atoms. The quantitative estimate of drug-likeness (QED) is 0.394. The first-order valence-electron chi connectivity index (χ1n) is 11.2. The topological polar surface area (TPSA) is 99.9 Å². The van der Waals surface area contributed by atoms with Gasteiger partial charge in [-0.15, -0.1) is 0 Å². The molecule has 3 aromatic rings. The molecular formula is C25H22ClN5O4. The van der Waals surface area contributed by atoms with E-state index in [-0.39, 0.29) is 29.7 Å². The Balaban J connectivity index is 1.33. The average Bonchev–Trinajstić information content (AvgIpc) is 3.16. The number of nitrogens with zero attached hydrogens (tertiary/aromatic N) is 5. The van der Waals surface area contributed by atoms with Crippen molar-refractivity contribution in [2.45, 2.75) is 12.5 Å². The van der Waals surface area contributed by atoms with Gasteiger partial charge in [0, 0.05) is 48.5 Å².